The number of ether oxygens (including phenoxy) is 5. The lowest BCUT2D eigenvalue weighted by molar-refractivity contribution is -0.163. The van der Waals surface area contributed by atoms with Crippen molar-refractivity contribution in [3.8, 4) is 5.75 Å². The Labute approximate surface area is 380 Å². The van der Waals surface area contributed by atoms with E-state index in [0.29, 0.717) is 76.3 Å². The van der Waals surface area contributed by atoms with Gasteiger partial charge in [-0.2, -0.15) is 0 Å². The summed E-state index contributed by atoms with van der Waals surface area (Å²) in [6, 6.07) is 23.2. The largest absolute Gasteiger partial charge is 0.494 e. The van der Waals surface area contributed by atoms with Crippen molar-refractivity contribution in [2.75, 3.05) is 57.5 Å². The maximum atomic E-state index is 14.8. The van der Waals surface area contributed by atoms with E-state index in [-0.39, 0.29) is 29.7 Å². The third kappa shape index (κ3) is 8.43. The zero-order valence-electron chi connectivity index (χ0n) is 36.4. The van der Waals surface area contributed by atoms with Gasteiger partial charge >= 0.3 is 6.09 Å². The fraction of sp³-hybridized carbons (Fsp3) is 0.477. The second kappa shape index (κ2) is 18.2. The summed E-state index contributed by atoms with van der Waals surface area (Å²) in [7, 11) is 0.133. The lowest BCUT2D eigenvalue weighted by Crippen LogP contribution is -2.76. The molecule has 0 saturated carbocycles. The number of alkyl carbamates (subject to hydrolysis) is 1. The van der Waals surface area contributed by atoms with E-state index in [0.717, 1.165) is 11.1 Å². The number of anilines is 1. The van der Waals surface area contributed by atoms with Crippen LogP contribution in [0.1, 0.15) is 57.4 Å². The Morgan fingerprint density at radius 1 is 0.875 bits per heavy atom. The van der Waals surface area contributed by atoms with Crippen molar-refractivity contribution < 1.29 is 46.5 Å². The van der Waals surface area contributed by atoms with Gasteiger partial charge in [0.15, 0.2) is 9.74 Å². The summed E-state index contributed by atoms with van der Waals surface area (Å²) in [5.41, 5.74) is 1.03. The Morgan fingerprint density at radius 3 is 2.30 bits per heavy atom. The standard InChI is InChI=1S/C44H53N7O10S3/c1-41(2,3)61-40(54)45-20-23-57-24-25-58-26-27-59-29-32-28-49(47-46-32)21-11-22-60-33-18-16-31(17-19-33)43-30-44-39(53)48(5)42(4,62-63-44)38(52)50(44)37(43)51(36-15-10-9-14-35(36)43)64(55,56)34-12-7-6-8-13-34/h6-10,12-19,28,37H,11,20-27,29-30H2,1-5H3,(H,45,54)/t37-,42-,43-,44-/m0/s1. The van der Waals surface area contributed by atoms with Crippen LogP contribution in [-0.2, 0) is 57.1 Å². The lowest BCUT2D eigenvalue weighted by atomic mass is 9.72. The van der Waals surface area contributed by atoms with E-state index in [1.165, 1.54) is 30.8 Å². The molecular formula is C44H53N7O10S3. The molecule has 4 fully saturated rings. The Balaban J connectivity index is 0.864. The second-order valence-corrected chi connectivity index (χ2v) is 21.7. The molecule has 0 unspecified atom stereocenters. The Morgan fingerprint density at radius 2 is 1.56 bits per heavy atom. The highest BCUT2D eigenvalue weighted by Crippen LogP contribution is 2.71. The monoisotopic (exact) mass is 935 g/mol. The molecule has 4 atom stereocenters. The van der Waals surface area contributed by atoms with Gasteiger partial charge in [-0.3, -0.25) is 19.2 Å². The number of fused-ring (bicyclic) bond motifs is 5. The first-order chi connectivity index (χ1) is 30.6. The van der Waals surface area contributed by atoms with Crippen molar-refractivity contribution in [1.82, 2.24) is 30.1 Å². The normalized spacial score (nSPS) is 23.6. The van der Waals surface area contributed by atoms with Crippen LogP contribution in [-0.4, -0.2) is 126 Å². The number of hydrogen-bond donors (Lipinski definition) is 1. The van der Waals surface area contributed by atoms with Crippen LogP contribution >= 0.6 is 21.6 Å². The second-order valence-electron chi connectivity index (χ2n) is 17.0. The highest BCUT2D eigenvalue weighted by Gasteiger charge is 2.79. The number of carbonyl (C=O) groups excluding carboxylic acids is 3. The number of hydrogen-bond acceptors (Lipinski definition) is 14. The molecule has 1 aromatic heterocycles. The van der Waals surface area contributed by atoms with Crippen LogP contribution in [0.2, 0.25) is 0 Å². The first-order valence-electron chi connectivity index (χ1n) is 21.1. The van der Waals surface area contributed by atoms with Crippen LogP contribution < -0.4 is 14.4 Å². The SMILES string of the molecule is CN1C(=O)[C@@]23C[C@]4(c5ccc(OCCCn6cc(COCCOCCOCCNC(=O)OC(C)(C)C)nn6)cc5)c5ccccc5N(S(=O)(=O)c5ccccc5)[C@@H]4N2C(=O)[C@]1(C)SS3. The van der Waals surface area contributed by atoms with Crippen molar-refractivity contribution in [1.29, 1.82) is 0 Å². The third-order valence-corrected chi connectivity index (χ3v) is 17.1. The summed E-state index contributed by atoms with van der Waals surface area (Å²) in [6.45, 7) is 10.6. The number of amides is 3. The van der Waals surface area contributed by atoms with E-state index < -0.39 is 43.0 Å². The summed E-state index contributed by atoms with van der Waals surface area (Å²) < 4.78 is 60.8. The third-order valence-electron chi connectivity index (χ3n) is 11.6. The number of benzene rings is 3. The Bertz CT molecular complexity index is 2450. The minimum atomic E-state index is -4.22. The molecule has 2 bridgehead atoms. The van der Waals surface area contributed by atoms with E-state index in [4.69, 9.17) is 23.7 Å². The van der Waals surface area contributed by atoms with Crippen molar-refractivity contribution in [3.63, 3.8) is 0 Å². The number of aromatic nitrogens is 3. The van der Waals surface area contributed by atoms with Gasteiger partial charge in [-0.15, -0.1) is 5.10 Å². The van der Waals surface area contributed by atoms with Crippen LogP contribution in [0.25, 0.3) is 0 Å². The predicted octanol–water partition coefficient (Wildman–Crippen LogP) is 5.15. The zero-order chi connectivity index (χ0) is 45.3. The van der Waals surface area contributed by atoms with Crippen molar-refractivity contribution in [2.24, 2.45) is 0 Å². The quantitative estimate of drug-likeness (QED) is 0.0962. The molecule has 9 rings (SSSR count). The fourth-order valence-corrected chi connectivity index (χ4v) is 13.8. The predicted molar refractivity (Wildman–Crippen MR) is 240 cm³/mol. The molecule has 0 radical (unpaired) electrons. The van der Waals surface area contributed by atoms with Crippen molar-refractivity contribution >= 4 is 55.2 Å². The molecule has 5 aliphatic heterocycles. The highest BCUT2D eigenvalue weighted by atomic mass is 33.1. The molecule has 4 aromatic rings. The topological polar surface area (TPSA) is 184 Å². The van der Waals surface area contributed by atoms with Gasteiger partial charge in [0.2, 0.25) is 0 Å². The molecule has 0 aliphatic carbocycles. The van der Waals surface area contributed by atoms with Gasteiger partial charge in [0.05, 0.1) is 68.4 Å². The molecule has 1 spiro atoms. The molecular weight excluding hydrogens is 883 g/mol. The van der Waals surface area contributed by atoms with Gasteiger partial charge in [0.1, 0.15) is 23.2 Å². The maximum Gasteiger partial charge on any atom is 0.407 e. The van der Waals surface area contributed by atoms with Crippen LogP contribution in [0.4, 0.5) is 10.5 Å². The molecule has 1 N–H and O–H groups in total. The molecule has 4 saturated heterocycles. The summed E-state index contributed by atoms with van der Waals surface area (Å²) in [4.78, 5) is 41.4. The van der Waals surface area contributed by atoms with Gasteiger partial charge in [-0.05, 0) is 69.2 Å². The van der Waals surface area contributed by atoms with Gasteiger partial charge in [0.25, 0.3) is 21.8 Å². The van der Waals surface area contributed by atoms with E-state index >= 15 is 0 Å². The summed E-state index contributed by atoms with van der Waals surface area (Å²) >= 11 is 0. The molecule has 3 amide bonds. The van der Waals surface area contributed by atoms with Crippen molar-refractivity contribution in [3.05, 3.63) is 102 Å². The Kier molecular flexibility index (Phi) is 13.0. The molecule has 64 heavy (non-hydrogen) atoms. The first-order valence-corrected chi connectivity index (χ1v) is 24.7. The van der Waals surface area contributed by atoms with E-state index in [2.05, 4.69) is 15.6 Å². The smallest absolute Gasteiger partial charge is 0.407 e. The molecule has 17 nitrogen and oxygen atoms in total. The van der Waals surface area contributed by atoms with Crippen LogP contribution in [0, 0.1) is 0 Å². The number of carbonyl (C=O) groups is 3. The van der Waals surface area contributed by atoms with Gasteiger partial charge in [-0.25, -0.2) is 17.5 Å². The van der Waals surface area contributed by atoms with Gasteiger partial charge in [-0.1, -0.05) is 75.3 Å². The maximum absolute atomic E-state index is 14.8. The fourth-order valence-electron chi connectivity index (χ4n) is 8.62. The number of sulfonamides is 1. The minimum absolute atomic E-state index is 0.0941. The molecule has 20 heteroatoms. The van der Waals surface area contributed by atoms with Crippen LogP contribution in [0.5, 0.6) is 5.75 Å². The van der Waals surface area contributed by atoms with Crippen LogP contribution in [0.3, 0.4) is 0 Å². The number of nitrogens with one attached hydrogen (secondary N) is 1. The number of aryl methyl sites for hydroxylation is 1. The van der Waals surface area contributed by atoms with Gasteiger partial charge in [0, 0.05) is 33.0 Å². The minimum Gasteiger partial charge on any atom is -0.494 e. The number of para-hydroxylation sites is 1. The Hall–Kier alpha value is -4.86. The van der Waals surface area contributed by atoms with E-state index in [9.17, 15) is 22.8 Å². The highest BCUT2D eigenvalue weighted by molar-refractivity contribution is 8.78. The average molecular weight is 936 g/mol. The van der Waals surface area contributed by atoms with E-state index in [1.54, 1.807) is 86.8 Å². The summed E-state index contributed by atoms with van der Waals surface area (Å²) in [5.74, 6) is 0.0971. The first kappa shape index (κ1) is 45.7. The van der Waals surface area contributed by atoms with Crippen molar-refractivity contribution in [2.45, 2.75) is 85.5 Å². The van der Waals surface area contributed by atoms with E-state index in [1.807, 2.05) is 42.6 Å². The summed E-state index contributed by atoms with van der Waals surface area (Å²) in [5, 5.41) is 11.0. The number of nitrogens with zero attached hydrogens (tertiary/aromatic N) is 6. The molecule has 5 aliphatic rings. The molecule has 3 aromatic carbocycles. The number of piperazine rings is 1. The average Bonchev–Trinajstić information content (AvgIpc) is 3.94. The number of likely N-dealkylation sites (N-methyl/N-ethyl adjacent to an activating group) is 1. The molecule has 6 heterocycles. The number of rotatable bonds is 19. The zero-order valence-corrected chi connectivity index (χ0v) is 38.9. The summed E-state index contributed by atoms with van der Waals surface area (Å²) in [6.07, 6.45) is 1.13. The molecule has 342 valence electrons. The van der Waals surface area contributed by atoms with Gasteiger partial charge < -0.3 is 33.9 Å². The lowest BCUT2D eigenvalue weighted by Gasteiger charge is -2.58. The van der Waals surface area contributed by atoms with Crippen LogP contribution in [0.15, 0.2) is 90.0 Å².